The second-order valence-electron chi connectivity index (χ2n) is 5.85. The van der Waals surface area contributed by atoms with Crippen LogP contribution in [-0.4, -0.2) is 17.4 Å². The molecule has 134 valence electrons. The minimum absolute atomic E-state index is 0.0207. The number of anilines is 2. The van der Waals surface area contributed by atoms with Crippen LogP contribution < -0.4 is 10.6 Å². The summed E-state index contributed by atoms with van der Waals surface area (Å²) < 4.78 is 39.4. The Hall–Kier alpha value is -2.28. The summed E-state index contributed by atoms with van der Waals surface area (Å²) in [7, 11) is 0. The van der Waals surface area contributed by atoms with Gasteiger partial charge in [-0.25, -0.2) is 4.98 Å². The average molecular weight is 372 g/mol. The number of benzene rings is 1. The molecular formula is C17H17ClF3N3O. The van der Waals surface area contributed by atoms with E-state index in [1.807, 2.05) is 13.8 Å². The molecule has 1 amide bonds. The van der Waals surface area contributed by atoms with E-state index in [1.54, 1.807) is 0 Å². The van der Waals surface area contributed by atoms with Gasteiger partial charge in [-0.2, -0.15) is 13.2 Å². The van der Waals surface area contributed by atoms with Crippen LogP contribution in [-0.2, 0) is 6.18 Å². The molecule has 1 aromatic heterocycles. The smallest absolute Gasteiger partial charge is 0.352 e. The number of carbonyl (C=O) groups excluding carboxylic acids is 1. The molecule has 0 radical (unpaired) electrons. The van der Waals surface area contributed by atoms with Gasteiger partial charge < -0.3 is 10.6 Å². The molecule has 0 bridgehead atoms. The lowest BCUT2D eigenvalue weighted by Gasteiger charge is -2.15. The minimum atomic E-state index is -4.57. The SMILES string of the molecule is CC(C)CNC(=O)c1ccnc(Nc2ccc(Cl)cc2C(F)(F)F)c1. The molecule has 1 aromatic carbocycles. The molecule has 2 N–H and O–H groups in total. The lowest BCUT2D eigenvalue weighted by molar-refractivity contribution is -0.136. The van der Waals surface area contributed by atoms with Crippen molar-refractivity contribution in [1.82, 2.24) is 10.3 Å². The van der Waals surface area contributed by atoms with Gasteiger partial charge in [0.2, 0.25) is 0 Å². The topological polar surface area (TPSA) is 54.0 Å². The minimum Gasteiger partial charge on any atom is -0.352 e. The molecule has 2 aromatic rings. The maximum Gasteiger partial charge on any atom is 0.418 e. The number of hydrogen-bond donors (Lipinski definition) is 2. The number of hydrogen-bond acceptors (Lipinski definition) is 3. The molecule has 0 unspecified atom stereocenters. The highest BCUT2D eigenvalue weighted by atomic mass is 35.5. The third-order valence-electron chi connectivity index (χ3n) is 3.24. The maximum absolute atomic E-state index is 13.1. The van der Waals surface area contributed by atoms with E-state index in [2.05, 4.69) is 15.6 Å². The van der Waals surface area contributed by atoms with Crippen molar-refractivity contribution >= 4 is 29.0 Å². The number of nitrogens with zero attached hydrogens (tertiary/aromatic N) is 1. The summed E-state index contributed by atoms with van der Waals surface area (Å²) in [5.41, 5.74) is -0.790. The van der Waals surface area contributed by atoms with Crippen LogP contribution in [0.5, 0.6) is 0 Å². The van der Waals surface area contributed by atoms with Gasteiger partial charge in [0.1, 0.15) is 5.82 Å². The lowest BCUT2D eigenvalue weighted by Crippen LogP contribution is -2.27. The fourth-order valence-electron chi connectivity index (χ4n) is 2.04. The van der Waals surface area contributed by atoms with Gasteiger partial charge in [0, 0.05) is 23.3 Å². The van der Waals surface area contributed by atoms with Crippen LogP contribution in [0.1, 0.15) is 29.8 Å². The number of nitrogens with one attached hydrogen (secondary N) is 2. The second kappa shape index (κ2) is 7.74. The first kappa shape index (κ1) is 19.1. The van der Waals surface area contributed by atoms with Crippen molar-refractivity contribution in [2.45, 2.75) is 20.0 Å². The molecule has 25 heavy (non-hydrogen) atoms. The standard InChI is InChI=1S/C17H17ClF3N3O/c1-10(2)9-23-16(25)11-5-6-22-15(7-11)24-14-4-3-12(18)8-13(14)17(19,20)21/h3-8,10H,9H2,1-2H3,(H,22,24)(H,23,25). The number of pyridine rings is 1. The third-order valence-corrected chi connectivity index (χ3v) is 3.48. The van der Waals surface area contributed by atoms with Crippen molar-refractivity contribution in [1.29, 1.82) is 0 Å². The molecule has 0 spiro atoms. The second-order valence-corrected chi connectivity index (χ2v) is 6.28. The third kappa shape index (κ3) is 5.35. The van der Waals surface area contributed by atoms with E-state index >= 15 is 0 Å². The van der Waals surface area contributed by atoms with Crippen LogP contribution in [0.15, 0.2) is 36.5 Å². The largest absolute Gasteiger partial charge is 0.418 e. The Morgan fingerprint density at radius 2 is 1.96 bits per heavy atom. The molecule has 0 aliphatic heterocycles. The van der Waals surface area contributed by atoms with Crippen molar-refractivity contribution in [3.63, 3.8) is 0 Å². The molecule has 0 saturated heterocycles. The Kier molecular flexibility index (Phi) is 5.89. The Bertz CT molecular complexity index is 763. The average Bonchev–Trinajstić information content (AvgIpc) is 2.53. The van der Waals surface area contributed by atoms with Crippen LogP contribution in [0.3, 0.4) is 0 Å². The van der Waals surface area contributed by atoms with E-state index in [0.717, 1.165) is 6.07 Å². The Morgan fingerprint density at radius 1 is 1.24 bits per heavy atom. The van der Waals surface area contributed by atoms with Crippen molar-refractivity contribution < 1.29 is 18.0 Å². The van der Waals surface area contributed by atoms with Crippen LogP contribution in [0.25, 0.3) is 0 Å². The number of aromatic nitrogens is 1. The highest BCUT2D eigenvalue weighted by molar-refractivity contribution is 6.30. The summed E-state index contributed by atoms with van der Waals surface area (Å²) in [4.78, 5) is 16.0. The molecule has 0 saturated carbocycles. The molecule has 8 heteroatoms. The fourth-order valence-corrected chi connectivity index (χ4v) is 2.21. The Labute approximate surface area is 148 Å². The van der Waals surface area contributed by atoms with Gasteiger partial charge in [0.15, 0.2) is 0 Å². The normalized spacial score (nSPS) is 11.5. The molecule has 4 nitrogen and oxygen atoms in total. The van der Waals surface area contributed by atoms with Gasteiger partial charge in [0.25, 0.3) is 5.91 Å². The number of carbonyl (C=O) groups is 1. The number of halogens is 4. The highest BCUT2D eigenvalue weighted by Crippen LogP contribution is 2.37. The first-order valence-corrected chi connectivity index (χ1v) is 7.92. The molecule has 0 atom stereocenters. The molecular weight excluding hydrogens is 355 g/mol. The zero-order chi connectivity index (χ0) is 18.6. The fraction of sp³-hybridized carbons (Fsp3) is 0.294. The van der Waals surface area contributed by atoms with Gasteiger partial charge in [-0.15, -0.1) is 0 Å². The quantitative estimate of drug-likeness (QED) is 0.787. The van der Waals surface area contributed by atoms with Crippen molar-refractivity contribution in [3.05, 3.63) is 52.7 Å². The summed E-state index contributed by atoms with van der Waals surface area (Å²) in [6.07, 6.45) is -3.21. The van der Waals surface area contributed by atoms with Crippen molar-refractivity contribution in [2.75, 3.05) is 11.9 Å². The monoisotopic (exact) mass is 371 g/mol. The zero-order valence-electron chi connectivity index (χ0n) is 13.6. The summed E-state index contributed by atoms with van der Waals surface area (Å²) in [5.74, 6) is 0.100. The van der Waals surface area contributed by atoms with Crippen LogP contribution in [0.2, 0.25) is 5.02 Å². The lowest BCUT2D eigenvalue weighted by atomic mass is 10.1. The van der Waals surface area contributed by atoms with E-state index in [-0.39, 0.29) is 28.4 Å². The predicted octanol–water partition coefficient (Wildman–Crippen LogP) is 4.88. The van der Waals surface area contributed by atoms with Gasteiger partial charge >= 0.3 is 6.18 Å². The molecule has 0 aliphatic carbocycles. The van der Waals surface area contributed by atoms with Crippen molar-refractivity contribution in [3.8, 4) is 0 Å². The van der Waals surface area contributed by atoms with Gasteiger partial charge in [0.05, 0.1) is 11.3 Å². The molecule has 0 fully saturated rings. The van der Waals surface area contributed by atoms with E-state index in [1.165, 1.54) is 30.5 Å². The van der Waals surface area contributed by atoms with E-state index in [9.17, 15) is 18.0 Å². The predicted molar refractivity (Wildman–Crippen MR) is 91.1 cm³/mol. The van der Waals surface area contributed by atoms with Gasteiger partial charge in [-0.1, -0.05) is 25.4 Å². The van der Waals surface area contributed by atoms with Gasteiger partial charge in [-0.3, -0.25) is 4.79 Å². The summed E-state index contributed by atoms with van der Waals surface area (Å²) in [6.45, 7) is 4.41. The Morgan fingerprint density at radius 3 is 2.60 bits per heavy atom. The number of rotatable bonds is 5. The first-order chi connectivity index (χ1) is 11.7. The molecule has 0 aliphatic rings. The van der Waals surface area contributed by atoms with Crippen molar-refractivity contribution in [2.24, 2.45) is 5.92 Å². The zero-order valence-corrected chi connectivity index (χ0v) is 14.4. The van der Waals surface area contributed by atoms with E-state index < -0.39 is 11.7 Å². The van der Waals surface area contributed by atoms with Crippen LogP contribution in [0.4, 0.5) is 24.7 Å². The Balaban J connectivity index is 2.25. The van der Waals surface area contributed by atoms with Crippen LogP contribution in [0, 0.1) is 5.92 Å². The van der Waals surface area contributed by atoms with Crippen LogP contribution >= 0.6 is 11.6 Å². The highest BCUT2D eigenvalue weighted by Gasteiger charge is 2.34. The maximum atomic E-state index is 13.1. The molecule has 1 heterocycles. The molecule has 2 rings (SSSR count). The summed E-state index contributed by atoms with van der Waals surface area (Å²) in [6, 6.07) is 6.29. The van der Waals surface area contributed by atoms with E-state index in [0.29, 0.717) is 12.1 Å². The number of amides is 1. The first-order valence-electron chi connectivity index (χ1n) is 7.55. The van der Waals surface area contributed by atoms with E-state index in [4.69, 9.17) is 11.6 Å². The summed E-state index contributed by atoms with van der Waals surface area (Å²) >= 11 is 5.66. The number of alkyl halides is 3. The van der Waals surface area contributed by atoms with Gasteiger partial charge in [-0.05, 0) is 36.2 Å². The summed E-state index contributed by atoms with van der Waals surface area (Å²) in [5, 5.41) is 5.32.